The molecule has 1 saturated heterocycles. The highest BCUT2D eigenvalue weighted by atomic mass is 16.7. The Kier molecular flexibility index (Phi) is 5.04. The predicted octanol–water partition coefficient (Wildman–Crippen LogP) is -1.50. The Labute approximate surface area is 105 Å². The summed E-state index contributed by atoms with van der Waals surface area (Å²) < 4.78 is 10.5. The molecule has 7 heteroatoms. The van der Waals surface area contributed by atoms with Crippen LogP contribution in [0.1, 0.15) is 20.3 Å². The quantitative estimate of drug-likeness (QED) is 0.485. The predicted molar refractivity (Wildman–Crippen MR) is 59.2 cm³/mol. The van der Waals surface area contributed by atoms with Crippen molar-refractivity contribution in [1.29, 1.82) is 5.26 Å². The number of rotatable bonds is 4. The van der Waals surface area contributed by atoms with Gasteiger partial charge in [-0.25, -0.2) is 0 Å². The van der Waals surface area contributed by atoms with Crippen LogP contribution in [0.25, 0.3) is 0 Å². The van der Waals surface area contributed by atoms with Gasteiger partial charge >= 0.3 is 0 Å². The summed E-state index contributed by atoms with van der Waals surface area (Å²) in [5.41, 5.74) is -1.17. The van der Waals surface area contributed by atoms with Crippen molar-refractivity contribution in [3.8, 4) is 6.07 Å². The molecule has 0 aromatic carbocycles. The second kappa shape index (κ2) is 5.93. The first-order chi connectivity index (χ1) is 8.38. The molecular formula is C11H19NO6. The van der Waals surface area contributed by atoms with Gasteiger partial charge in [0.15, 0.2) is 11.9 Å². The molecule has 18 heavy (non-hydrogen) atoms. The van der Waals surface area contributed by atoms with E-state index in [4.69, 9.17) is 19.8 Å². The molecule has 1 rings (SSSR count). The van der Waals surface area contributed by atoms with Crippen LogP contribution in [-0.2, 0) is 9.47 Å². The highest BCUT2D eigenvalue weighted by molar-refractivity contribution is 4.99. The number of aliphatic hydroxyl groups excluding tert-OH is 4. The van der Waals surface area contributed by atoms with Crippen molar-refractivity contribution in [2.45, 2.75) is 56.6 Å². The fourth-order valence-electron chi connectivity index (χ4n) is 1.61. The lowest BCUT2D eigenvalue weighted by atomic mass is 9.98. The second-order valence-corrected chi connectivity index (χ2v) is 4.51. The molecule has 1 fully saturated rings. The molecule has 0 saturated carbocycles. The molecule has 6 atom stereocenters. The Morgan fingerprint density at radius 2 is 1.89 bits per heavy atom. The average Bonchev–Trinajstić information content (AvgIpc) is 2.39. The summed E-state index contributed by atoms with van der Waals surface area (Å²) in [7, 11) is 0. The van der Waals surface area contributed by atoms with Gasteiger partial charge in [-0.05, 0) is 13.3 Å². The highest BCUT2D eigenvalue weighted by Gasteiger charge is 2.46. The molecule has 0 spiro atoms. The van der Waals surface area contributed by atoms with E-state index in [-0.39, 0.29) is 0 Å². The summed E-state index contributed by atoms with van der Waals surface area (Å²) in [5.74, 6) is 0. The molecule has 0 unspecified atom stereocenters. The van der Waals surface area contributed by atoms with Gasteiger partial charge in [-0.3, -0.25) is 0 Å². The Bertz CT molecular complexity index is 317. The Balaban J connectivity index is 2.80. The first-order valence-electron chi connectivity index (χ1n) is 5.78. The molecule has 4 N–H and O–H groups in total. The average molecular weight is 261 g/mol. The molecule has 104 valence electrons. The van der Waals surface area contributed by atoms with Gasteiger partial charge in [-0.15, -0.1) is 0 Å². The highest BCUT2D eigenvalue weighted by Crippen LogP contribution is 2.26. The van der Waals surface area contributed by atoms with Crippen LogP contribution in [0.3, 0.4) is 0 Å². The van der Waals surface area contributed by atoms with Crippen LogP contribution in [0.5, 0.6) is 0 Å². The lowest BCUT2D eigenvalue weighted by molar-refractivity contribution is -0.318. The van der Waals surface area contributed by atoms with Gasteiger partial charge in [0.25, 0.3) is 0 Å². The van der Waals surface area contributed by atoms with Crippen molar-refractivity contribution in [2.75, 3.05) is 6.61 Å². The van der Waals surface area contributed by atoms with E-state index in [0.717, 1.165) is 0 Å². The number of hydrogen-bond acceptors (Lipinski definition) is 7. The topological polar surface area (TPSA) is 123 Å². The molecule has 0 bridgehead atoms. The number of aliphatic hydroxyl groups is 4. The third-order valence-corrected chi connectivity index (χ3v) is 3.14. The van der Waals surface area contributed by atoms with Crippen LogP contribution in [0, 0.1) is 11.3 Å². The Morgan fingerprint density at radius 3 is 2.33 bits per heavy atom. The van der Waals surface area contributed by atoms with Gasteiger partial charge < -0.3 is 29.9 Å². The fraction of sp³-hybridized carbons (Fsp3) is 0.909. The zero-order chi connectivity index (χ0) is 13.9. The third-order valence-electron chi connectivity index (χ3n) is 3.14. The van der Waals surface area contributed by atoms with E-state index in [1.54, 1.807) is 6.92 Å². The Hall–Kier alpha value is -0.750. The normalized spacial score (nSPS) is 39.9. The minimum atomic E-state index is -1.50. The van der Waals surface area contributed by atoms with E-state index >= 15 is 0 Å². The maximum absolute atomic E-state index is 9.72. The summed E-state index contributed by atoms with van der Waals surface area (Å²) in [4.78, 5) is 0. The molecule has 0 aromatic rings. The molecular weight excluding hydrogens is 242 g/mol. The molecule has 0 aromatic heterocycles. The van der Waals surface area contributed by atoms with Gasteiger partial charge in [-0.2, -0.15) is 5.26 Å². The van der Waals surface area contributed by atoms with Crippen molar-refractivity contribution in [3.63, 3.8) is 0 Å². The van der Waals surface area contributed by atoms with Crippen LogP contribution >= 0.6 is 0 Å². The fourth-order valence-corrected chi connectivity index (χ4v) is 1.61. The minimum absolute atomic E-state index is 0.360. The maximum Gasteiger partial charge on any atom is 0.188 e. The Morgan fingerprint density at radius 1 is 1.28 bits per heavy atom. The van der Waals surface area contributed by atoms with Crippen LogP contribution in [-0.4, -0.2) is 63.3 Å². The van der Waals surface area contributed by atoms with Crippen molar-refractivity contribution in [2.24, 2.45) is 0 Å². The van der Waals surface area contributed by atoms with Gasteiger partial charge in [0, 0.05) is 0 Å². The summed E-state index contributed by atoms with van der Waals surface area (Å²) in [5, 5.41) is 46.8. The van der Waals surface area contributed by atoms with Gasteiger partial charge in [-0.1, -0.05) is 6.92 Å². The standard InChI is InChI=1S/C11H19NO6/c1-3-11(2,5-12)18-10-9(16)8(15)7(14)6(4-13)17-10/h6-10,13-16H,3-4H2,1-2H3/t6-,7-,8+,9-,10+,11+/m1/s1. The molecule has 0 amide bonds. The lowest BCUT2D eigenvalue weighted by Gasteiger charge is -2.41. The van der Waals surface area contributed by atoms with Crippen molar-refractivity contribution >= 4 is 0 Å². The van der Waals surface area contributed by atoms with Gasteiger partial charge in [0.05, 0.1) is 12.7 Å². The van der Waals surface area contributed by atoms with E-state index in [9.17, 15) is 15.3 Å². The van der Waals surface area contributed by atoms with Gasteiger partial charge in [0.2, 0.25) is 0 Å². The van der Waals surface area contributed by atoms with Crippen LogP contribution in [0.15, 0.2) is 0 Å². The van der Waals surface area contributed by atoms with E-state index in [1.807, 2.05) is 6.07 Å². The molecule has 7 nitrogen and oxygen atoms in total. The molecule has 1 aliphatic heterocycles. The summed E-state index contributed by atoms with van der Waals surface area (Å²) in [6.45, 7) is 2.72. The summed E-state index contributed by atoms with van der Waals surface area (Å²) in [6.07, 6.45) is -6.36. The number of hydrogen-bond donors (Lipinski definition) is 4. The number of nitriles is 1. The van der Waals surface area contributed by atoms with Gasteiger partial charge in [0.1, 0.15) is 24.4 Å². The van der Waals surface area contributed by atoms with Crippen LogP contribution in [0.2, 0.25) is 0 Å². The molecule has 0 aliphatic carbocycles. The smallest absolute Gasteiger partial charge is 0.188 e. The summed E-state index contributed by atoms with van der Waals surface area (Å²) in [6, 6.07) is 1.93. The van der Waals surface area contributed by atoms with Crippen molar-refractivity contribution in [3.05, 3.63) is 0 Å². The minimum Gasteiger partial charge on any atom is -0.394 e. The van der Waals surface area contributed by atoms with Crippen molar-refractivity contribution < 1.29 is 29.9 Å². The first-order valence-corrected chi connectivity index (χ1v) is 5.78. The monoisotopic (exact) mass is 261 g/mol. The van der Waals surface area contributed by atoms with Crippen LogP contribution < -0.4 is 0 Å². The van der Waals surface area contributed by atoms with Crippen molar-refractivity contribution in [1.82, 2.24) is 0 Å². The molecule has 1 aliphatic rings. The van der Waals surface area contributed by atoms with E-state index in [1.165, 1.54) is 6.92 Å². The maximum atomic E-state index is 9.72. The molecule has 0 radical (unpaired) electrons. The number of ether oxygens (including phenoxy) is 2. The largest absolute Gasteiger partial charge is 0.394 e. The second-order valence-electron chi connectivity index (χ2n) is 4.51. The third kappa shape index (κ3) is 2.98. The lowest BCUT2D eigenvalue weighted by Crippen LogP contribution is -2.60. The molecule has 1 heterocycles. The zero-order valence-electron chi connectivity index (χ0n) is 10.4. The first kappa shape index (κ1) is 15.3. The number of nitrogens with zero attached hydrogens (tertiary/aromatic N) is 1. The summed E-state index contributed by atoms with van der Waals surface area (Å²) >= 11 is 0. The zero-order valence-corrected chi connectivity index (χ0v) is 10.4. The SMILES string of the molecule is CC[C@@](C)(C#N)O[C@@H]1O[C@H](CO)[C@@H](O)[C@H](O)[C@H]1O. The van der Waals surface area contributed by atoms with Crippen LogP contribution in [0.4, 0.5) is 0 Å². The van der Waals surface area contributed by atoms with E-state index in [0.29, 0.717) is 6.42 Å². The van der Waals surface area contributed by atoms with E-state index in [2.05, 4.69) is 0 Å². The van der Waals surface area contributed by atoms with E-state index < -0.39 is 42.9 Å².